The van der Waals surface area contributed by atoms with Crippen molar-refractivity contribution in [2.45, 2.75) is 19.1 Å². The highest BCUT2D eigenvalue weighted by molar-refractivity contribution is 9.10. The van der Waals surface area contributed by atoms with Gasteiger partial charge < -0.3 is 14.2 Å². The van der Waals surface area contributed by atoms with Crippen LogP contribution >= 0.6 is 15.9 Å². The molecule has 3 rings (SSSR count). The molecule has 0 aliphatic rings. The standard InChI is InChI=1S/C24H23BrO4/c1-27-23-15-19(11-12-21(23)24(26)28-2)22(14-18-9-6-10-20(25)13-18)29-16-17-7-4-3-5-8-17/h3-13,15,22H,14,16H2,1-2H3. The first-order valence-corrected chi connectivity index (χ1v) is 10.1. The van der Waals surface area contributed by atoms with Crippen LogP contribution in [0.25, 0.3) is 0 Å². The lowest BCUT2D eigenvalue weighted by Gasteiger charge is -2.20. The van der Waals surface area contributed by atoms with E-state index in [-0.39, 0.29) is 6.10 Å². The topological polar surface area (TPSA) is 44.8 Å². The highest BCUT2D eigenvalue weighted by Crippen LogP contribution is 2.30. The van der Waals surface area contributed by atoms with Crippen LogP contribution in [-0.4, -0.2) is 20.2 Å². The molecule has 0 N–H and O–H groups in total. The minimum absolute atomic E-state index is 0.204. The second-order valence-electron chi connectivity index (χ2n) is 6.57. The molecule has 0 fully saturated rings. The number of hydrogen-bond acceptors (Lipinski definition) is 4. The Labute approximate surface area is 179 Å². The molecule has 3 aromatic rings. The molecule has 0 saturated heterocycles. The number of rotatable bonds is 8. The molecule has 0 amide bonds. The molecule has 4 nitrogen and oxygen atoms in total. The average molecular weight is 455 g/mol. The van der Waals surface area contributed by atoms with E-state index in [1.165, 1.54) is 7.11 Å². The Balaban J connectivity index is 1.89. The molecule has 150 valence electrons. The van der Waals surface area contributed by atoms with E-state index in [2.05, 4.69) is 28.1 Å². The Morgan fingerprint density at radius 2 is 1.69 bits per heavy atom. The van der Waals surface area contributed by atoms with Crippen LogP contribution in [0.4, 0.5) is 0 Å². The van der Waals surface area contributed by atoms with Gasteiger partial charge in [0.15, 0.2) is 0 Å². The molecule has 0 radical (unpaired) electrons. The SMILES string of the molecule is COC(=O)c1ccc(C(Cc2cccc(Br)c2)OCc2ccccc2)cc1OC. The van der Waals surface area contributed by atoms with Gasteiger partial charge in [0.25, 0.3) is 0 Å². The number of carbonyl (C=O) groups is 1. The Hall–Kier alpha value is -2.63. The second-order valence-corrected chi connectivity index (χ2v) is 7.49. The third-order valence-electron chi connectivity index (χ3n) is 4.61. The Morgan fingerprint density at radius 1 is 0.931 bits per heavy atom. The van der Waals surface area contributed by atoms with Crippen LogP contribution in [0.1, 0.15) is 33.2 Å². The van der Waals surface area contributed by atoms with Crippen LogP contribution in [-0.2, 0) is 22.5 Å². The zero-order chi connectivity index (χ0) is 20.6. The fraction of sp³-hybridized carbons (Fsp3) is 0.208. The van der Waals surface area contributed by atoms with Gasteiger partial charge in [-0.3, -0.25) is 0 Å². The van der Waals surface area contributed by atoms with E-state index in [0.29, 0.717) is 24.3 Å². The van der Waals surface area contributed by atoms with Crippen molar-refractivity contribution in [3.63, 3.8) is 0 Å². The summed E-state index contributed by atoms with van der Waals surface area (Å²) in [6.45, 7) is 0.487. The summed E-state index contributed by atoms with van der Waals surface area (Å²) in [5.41, 5.74) is 3.58. The molecular weight excluding hydrogens is 432 g/mol. The van der Waals surface area contributed by atoms with E-state index in [1.807, 2.05) is 54.6 Å². The van der Waals surface area contributed by atoms with Gasteiger partial charge >= 0.3 is 5.97 Å². The highest BCUT2D eigenvalue weighted by Gasteiger charge is 2.19. The molecule has 0 aromatic heterocycles. The van der Waals surface area contributed by atoms with Crippen molar-refractivity contribution in [3.8, 4) is 5.75 Å². The molecule has 1 atom stereocenters. The van der Waals surface area contributed by atoms with E-state index < -0.39 is 5.97 Å². The van der Waals surface area contributed by atoms with Gasteiger partial charge in [-0.15, -0.1) is 0 Å². The smallest absolute Gasteiger partial charge is 0.341 e. The average Bonchev–Trinajstić information content (AvgIpc) is 2.76. The van der Waals surface area contributed by atoms with Crippen LogP contribution in [0.3, 0.4) is 0 Å². The number of methoxy groups -OCH3 is 2. The Bertz CT molecular complexity index is 956. The van der Waals surface area contributed by atoms with Crippen molar-refractivity contribution in [1.29, 1.82) is 0 Å². The molecule has 3 aromatic carbocycles. The minimum atomic E-state index is -0.429. The number of hydrogen-bond donors (Lipinski definition) is 0. The van der Waals surface area contributed by atoms with E-state index in [1.54, 1.807) is 13.2 Å². The third-order valence-corrected chi connectivity index (χ3v) is 5.10. The van der Waals surface area contributed by atoms with Gasteiger partial charge in [-0.05, 0) is 41.0 Å². The maximum Gasteiger partial charge on any atom is 0.341 e. The van der Waals surface area contributed by atoms with E-state index in [9.17, 15) is 4.79 Å². The molecule has 5 heteroatoms. The predicted octanol–water partition coefficient (Wildman–Crippen LogP) is 5.74. The Kier molecular flexibility index (Phi) is 7.44. The summed E-state index contributed by atoms with van der Waals surface area (Å²) in [7, 11) is 2.90. The Morgan fingerprint density at radius 3 is 2.38 bits per heavy atom. The summed E-state index contributed by atoms with van der Waals surface area (Å²) in [5, 5.41) is 0. The van der Waals surface area contributed by atoms with E-state index in [0.717, 1.165) is 21.2 Å². The van der Waals surface area contributed by atoms with Gasteiger partial charge in [-0.1, -0.05) is 64.5 Å². The molecule has 0 spiro atoms. The normalized spacial score (nSPS) is 11.7. The lowest BCUT2D eigenvalue weighted by atomic mass is 9.99. The number of ether oxygens (including phenoxy) is 3. The summed E-state index contributed by atoms with van der Waals surface area (Å²) < 4.78 is 17.6. The maximum absolute atomic E-state index is 12.0. The number of carbonyl (C=O) groups excluding carboxylic acids is 1. The van der Waals surface area contributed by atoms with Gasteiger partial charge in [-0.2, -0.15) is 0 Å². The summed E-state index contributed by atoms with van der Waals surface area (Å²) >= 11 is 3.53. The van der Waals surface area contributed by atoms with Gasteiger partial charge in [0, 0.05) is 10.9 Å². The van der Waals surface area contributed by atoms with Crippen LogP contribution in [0.15, 0.2) is 77.3 Å². The van der Waals surface area contributed by atoms with E-state index in [4.69, 9.17) is 14.2 Å². The summed E-state index contributed by atoms with van der Waals surface area (Å²) in [6.07, 6.45) is 0.484. The van der Waals surface area contributed by atoms with Crippen LogP contribution in [0.5, 0.6) is 5.75 Å². The number of halogens is 1. The third kappa shape index (κ3) is 5.68. The largest absolute Gasteiger partial charge is 0.496 e. The van der Waals surface area contributed by atoms with Crippen molar-refractivity contribution in [3.05, 3.63) is 99.5 Å². The highest BCUT2D eigenvalue weighted by atomic mass is 79.9. The lowest BCUT2D eigenvalue weighted by molar-refractivity contribution is 0.0396. The summed E-state index contributed by atoms with van der Waals surface area (Å²) in [4.78, 5) is 12.0. The fourth-order valence-corrected chi connectivity index (χ4v) is 3.56. The molecular formula is C24H23BrO4. The van der Waals surface area contributed by atoms with Gasteiger partial charge in [-0.25, -0.2) is 4.79 Å². The number of benzene rings is 3. The number of esters is 1. The monoisotopic (exact) mass is 454 g/mol. The first-order chi connectivity index (χ1) is 14.1. The summed E-state index contributed by atoms with van der Waals surface area (Å²) in [6, 6.07) is 23.7. The second kappa shape index (κ2) is 10.2. The first-order valence-electron chi connectivity index (χ1n) is 9.27. The molecule has 1 unspecified atom stereocenters. The van der Waals surface area contributed by atoms with Gasteiger partial charge in [0.2, 0.25) is 0 Å². The van der Waals surface area contributed by atoms with Gasteiger partial charge in [0.1, 0.15) is 11.3 Å². The van der Waals surface area contributed by atoms with Crippen LogP contribution in [0.2, 0.25) is 0 Å². The van der Waals surface area contributed by atoms with Crippen LogP contribution < -0.4 is 4.74 Å². The minimum Gasteiger partial charge on any atom is -0.496 e. The fourth-order valence-electron chi connectivity index (χ4n) is 3.11. The van der Waals surface area contributed by atoms with Crippen molar-refractivity contribution in [1.82, 2.24) is 0 Å². The summed E-state index contributed by atoms with van der Waals surface area (Å²) in [5.74, 6) is 0.0408. The molecule has 0 aliphatic carbocycles. The molecule has 0 aliphatic heterocycles. The predicted molar refractivity (Wildman–Crippen MR) is 116 cm³/mol. The molecule has 29 heavy (non-hydrogen) atoms. The molecule has 0 heterocycles. The van der Waals surface area contributed by atoms with Crippen molar-refractivity contribution in [2.75, 3.05) is 14.2 Å². The molecule has 0 saturated carbocycles. The first kappa shape index (κ1) is 21.1. The van der Waals surface area contributed by atoms with Gasteiger partial charge in [0.05, 0.1) is 26.9 Å². The quantitative estimate of drug-likeness (QED) is 0.406. The van der Waals surface area contributed by atoms with Crippen molar-refractivity contribution < 1.29 is 19.0 Å². The zero-order valence-electron chi connectivity index (χ0n) is 16.4. The van der Waals surface area contributed by atoms with Crippen molar-refractivity contribution in [2.24, 2.45) is 0 Å². The maximum atomic E-state index is 12.0. The van der Waals surface area contributed by atoms with E-state index >= 15 is 0 Å². The molecule has 0 bridgehead atoms. The lowest BCUT2D eigenvalue weighted by Crippen LogP contribution is -2.10. The zero-order valence-corrected chi connectivity index (χ0v) is 18.0. The van der Waals surface area contributed by atoms with Crippen molar-refractivity contribution >= 4 is 21.9 Å². The van der Waals surface area contributed by atoms with Crippen LogP contribution in [0, 0.1) is 0 Å².